The summed E-state index contributed by atoms with van der Waals surface area (Å²) in [6.07, 6.45) is 2.91. The summed E-state index contributed by atoms with van der Waals surface area (Å²) in [7, 11) is 0. The van der Waals surface area contributed by atoms with Crippen molar-refractivity contribution in [3.8, 4) is 5.75 Å². The van der Waals surface area contributed by atoms with Crippen LogP contribution < -0.4 is 15.4 Å². The van der Waals surface area contributed by atoms with Crippen LogP contribution in [0, 0.1) is 5.82 Å². The molecule has 32 heavy (non-hydrogen) atoms. The van der Waals surface area contributed by atoms with Gasteiger partial charge in [-0.15, -0.1) is 0 Å². The lowest BCUT2D eigenvalue weighted by atomic mass is 9.97. The number of carbonyl (C=O) groups excluding carboxylic acids is 3. The summed E-state index contributed by atoms with van der Waals surface area (Å²) in [5.41, 5.74) is -0.118. The first-order valence-corrected chi connectivity index (χ1v) is 10.8. The Morgan fingerprint density at radius 3 is 2.47 bits per heavy atom. The van der Waals surface area contributed by atoms with E-state index in [1.807, 2.05) is 30.3 Å². The summed E-state index contributed by atoms with van der Waals surface area (Å²) >= 11 is 0. The molecular weight excluding hydrogens is 413 g/mol. The van der Waals surface area contributed by atoms with Gasteiger partial charge in [-0.25, -0.2) is 14.1 Å². The number of imide groups is 1. The van der Waals surface area contributed by atoms with Gasteiger partial charge in [-0.3, -0.25) is 9.59 Å². The quantitative estimate of drug-likeness (QED) is 0.648. The molecule has 2 N–H and O–H groups in total. The summed E-state index contributed by atoms with van der Waals surface area (Å²) in [4.78, 5) is 39.6. The first-order valence-electron chi connectivity index (χ1n) is 10.8. The minimum absolute atomic E-state index is 0.0204. The Hall–Kier alpha value is -3.42. The Morgan fingerprint density at radius 2 is 1.78 bits per heavy atom. The highest BCUT2D eigenvalue weighted by atomic mass is 19.1. The van der Waals surface area contributed by atoms with Crippen molar-refractivity contribution < 1.29 is 23.5 Å². The first kappa shape index (κ1) is 21.8. The van der Waals surface area contributed by atoms with Gasteiger partial charge in [0.25, 0.3) is 5.91 Å². The van der Waals surface area contributed by atoms with Crippen LogP contribution in [-0.2, 0) is 9.59 Å². The fourth-order valence-electron chi connectivity index (χ4n) is 4.36. The van der Waals surface area contributed by atoms with Crippen LogP contribution in [0.3, 0.4) is 0 Å². The highest BCUT2D eigenvalue weighted by molar-refractivity contribution is 6.10. The second-order valence-corrected chi connectivity index (χ2v) is 8.28. The van der Waals surface area contributed by atoms with E-state index in [0.717, 1.165) is 23.3 Å². The molecule has 1 aliphatic carbocycles. The van der Waals surface area contributed by atoms with Gasteiger partial charge >= 0.3 is 6.03 Å². The van der Waals surface area contributed by atoms with Crippen LogP contribution in [-0.4, -0.2) is 40.9 Å². The topological polar surface area (TPSA) is 87.7 Å². The molecular formula is C24H26FN3O4. The van der Waals surface area contributed by atoms with Gasteiger partial charge in [0.05, 0.1) is 6.04 Å². The smallest absolute Gasteiger partial charge is 0.325 e. The monoisotopic (exact) mass is 439 g/mol. The van der Waals surface area contributed by atoms with Gasteiger partial charge in [0, 0.05) is 0 Å². The summed E-state index contributed by atoms with van der Waals surface area (Å²) in [6.45, 7) is 1.51. The van der Waals surface area contributed by atoms with Gasteiger partial charge < -0.3 is 15.4 Å². The number of para-hydroxylation sites is 1. The number of hydrogen-bond donors (Lipinski definition) is 2. The molecule has 0 aromatic heterocycles. The van der Waals surface area contributed by atoms with E-state index in [9.17, 15) is 18.8 Å². The van der Waals surface area contributed by atoms with Crippen LogP contribution >= 0.6 is 0 Å². The Labute approximate surface area is 185 Å². The van der Waals surface area contributed by atoms with E-state index in [2.05, 4.69) is 10.6 Å². The molecule has 2 aromatic rings. The van der Waals surface area contributed by atoms with Crippen LogP contribution in [0.4, 0.5) is 9.18 Å². The molecule has 2 unspecified atom stereocenters. The third kappa shape index (κ3) is 4.17. The number of benzene rings is 2. The lowest BCUT2D eigenvalue weighted by molar-refractivity contribution is -0.138. The van der Waals surface area contributed by atoms with Crippen molar-refractivity contribution >= 4 is 17.8 Å². The number of carbonyl (C=O) groups is 3. The predicted octanol–water partition coefficient (Wildman–Crippen LogP) is 3.32. The number of ether oxygens (including phenoxy) is 1. The molecule has 1 spiro atoms. The molecule has 8 heteroatoms. The zero-order chi connectivity index (χ0) is 22.7. The highest BCUT2D eigenvalue weighted by Crippen LogP contribution is 2.35. The van der Waals surface area contributed by atoms with Crippen LogP contribution in [0.1, 0.15) is 44.2 Å². The van der Waals surface area contributed by atoms with Gasteiger partial charge in [0.1, 0.15) is 18.2 Å². The van der Waals surface area contributed by atoms with Gasteiger partial charge in [0.15, 0.2) is 11.6 Å². The minimum Gasteiger partial charge on any atom is -0.488 e. The maximum Gasteiger partial charge on any atom is 0.325 e. The maximum atomic E-state index is 14.0. The van der Waals surface area contributed by atoms with E-state index in [-0.39, 0.29) is 18.3 Å². The lowest BCUT2D eigenvalue weighted by Crippen LogP contribution is -2.51. The Balaban J connectivity index is 1.49. The number of nitrogens with one attached hydrogen (secondary N) is 2. The zero-order valence-electron chi connectivity index (χ0n) is 17.8. The van der Waals surface area contributed by atoms with Crippen LogP contribution in [0.5, 0.6) is 5.75 Å². The van der Waals surface area contributed by atoms with Crippen molar-refractivity contribution in [1.29, 1.82) is 0 Å². The van der Waals surface area contributed by atoms with E-state index in [4.69, 9.17) is 4.74 Å². The molecule has 1 saturated heterocycles. The molecule has 168 valence electrons. The van der Waals surface area contributed by atoms with Gasteiger partial charge in [0.2, 0.25) is 5.91 Å². The van der Waals surface area contributed by atoms with E-state index in [1.54, 1.807) is 12.1 Å². The average molecular weight is 439 g/mol. The largest absolute Gasteiger partial charge is 0.488 e. The third-order valence-corrected chi connectivity index (χ3v) is 6.18. The summed E-state index contributed by atoms with van der Waals surface area (Å²) < 4.78 is 19.6. The molecule has 1 aliphatic heterocycles. The highest BCUT2D eigenvalue weighted by Gasteiger charge is 2.54. The molecule has 2 aromatic carbocycles. The second-order valence-electron chi connectivity index (χ2n) is 8.28. The van der Waals surface area contributed by atoms with E-state index in [1.165, 1.54) is 19.1 Å². The van der Waals surface area contributed by atoms with Crippen molar-refractivity contribution in [3.05, 3.63) is 66.0 Å². The molecule has 0 bridgehead atoms. The normalized spacial score (nSPS) is 19.0. The van der Waals surface area contributed by atoms with Crippen LogP contribution in [0.25, 0.3) is 0 Å². The number of hydrogen-bond acceptors (Lipinski definition) is 4. The second kappa shape index (κ2) is 8.98. The van der Waals surface area contributed by atoms with Crippen molar-refractivity contribution in [1.82, 2.24) is 15.5 Å². The average Bonchev–Trinajstić information content (AvgIpc) is 3.36. The predicted molar refractivity (Wildman–Crippen MR) is 115 cm³/mol. The molecule has 2 aliphatic rings. The molecule has 2 atom stereocenters. The summed E-state index contributed by atoms with van der Waals surface area (Å²) in [5, 5.41) is 5.65. The fourth-order valence-corrected chi connectivity index (χ4v) is 4.36. The summed E-state index contributed by atoms with van der Waals surface area (Å²) in [6, 6.07) is 13.0. The molecule has 7 nitrogen and oxygen atoms in total. The number of nitrogens with zero attached hydrogens (tertiary/aromatic N) is 1. The molecule has 4 rings (SSSR count). The van der Waals surface area contributed by atoms with Crippen molar-refractivity contribution in [2.24, 2.45) is 0 Å². The van der Waals surface area contributed by atoms with E-state index >= 15 is 0 Å². The fraction of sp³-hybridized carbons (Fsp3) is 0.375. The van der Waals surface area contributed by atoms with Gasteiger partial charge in [-0.05, 0) is 37.5 Å². The Bertz CT molecular complexity index is 1010. The van der Waals surface area contributed by atoms with Crippen molar-refractivity contribution in [2.75, 3.05) is 6.61 Å². The minimum atomic E-state index is -0.998. The van der Waals surface area contributed by atoms with Crippen LogP contribution in [0.2, 0.25) is 0 Å². The van der Waals surface area contributed by atoms with Crippen molar-refractivity contribution in [2.45, 2.75) is 50.2 Å². The third-order valence-electron chi connectivity index (χ3n) is 6.18. The Kier molecular flexibility index (Phi) is 6.12. The molecule has 2 fully saturated rings. The van der Waals surface area contributed by atoms with E-state index < -0.39 is 35.4 Å². The van der Waals surface area contributed by atoms with Gasteiger partial charge in [-0.2, -0.15) is 0 Å². The Morgan fingerprint density at radius 1 is 1.12 bits per heavy atom. The molecule has 1 saturated carbocycles. The maximum absolute atomic E-state index is 14.0. The molecule has 4 amide bonds. The van der Waals surface area contributed by atoms with E-state index in [0.29, 0.717) is 12.8 Å². The van der Waals surface area contributed by atoms with Crippen molar-refractivity contribution in [3.63, 3.8) is 0 Å². The lowest BCUT2D eigenvalue weighted by Gasteiger charge is -2.26. The number of amides is 4. The zero-order valence-corrected chi connectivity index (χ0v) is 17.8. The number of rotatable bonds is 7. The first-order chi connectivity index (χ1) is 15.4. The number of urea groups is 1. The summed E-state index contributed by atoms with van der Waals surface area (Å²) in [5.74, 6) is -1.26. The molecule has 0 radical (unpaired) electrons. The van der Waals surface area contributed by atoms with Crippen LogP contribution in [0.15, 0.2) is 54.6 Å². The standard InChI is InChI=1S/C24H26FN3O4/c1-16(28-22(30)24(27-23(28)31)13-7-8-14-24)21(29)26-19(17-9-3-2-4-10-17)15-32-20-12-6-5-11-18(20)25/h2-6,9-12,16,19H,7-8,13-15H2,1H3,(H,26,29)(H,27,31). The SMILES string of the molecule is CC(C(=O)NC(COc1ccccc1F)c1ccccc1)N1C(=O)NC2(CCCC2)C1=O. The van der Waals surface area contributed by atoms with Gasteiger partial charge in [-0.1, -0.05) is 55.3 Å². The molecule has 1 heterocycles. The number of halogens is 1.